The van der Waals surface area contributed by atoms with E-state index < -0.39 is 5.97 Å². The zero-order valence-corrected chi connectivity index (χ0v) is 14.4. The van der Waals surface area contributed by atoms with Crippen LogP contribution in [-0.4, -0.2) is 17.0 Å². The second-order valence-corrected chi connectivity index (χ2v) is 6.77. The number of carboxylic acid groups (broad SMARTS) is 1. The lowest BCUT2D eigenvalue weighted by atomic mass is 9.84. The van der Waals surface area contributed by atoms with E-state index in [4.69, 9.17) is 0 Å². The summed E-state index contributed by atoms with van der Waals surface area (Å²) in [6, 6.07) is 12.7. The maximum atomic E-state index is 12.5. The van der Waals surface area contributed by atoms with Gasteiger partial charge in [0, 0.05) is 5.56 Å². The Labute approximate surface area is 147 Å². The van der Waals surface area contributed by atoms with E-state index in [1.165, 1.54) is 37.7 Å². The molecule has 1 saturated carbocycles. The SMILES string of the molecule is Cc1ccc(NC(=O)c2ccc(C3CCCCC3)cc2)c(C(=O)O)c1. The number of rotatable bonds is 4. The molecule has 0 heterocycles. The number of carboxylic acids is 1. The zero-order chi connectivity index (χ0) is 17.8. The lowest BCUT2D eigenvalue weighted by Crippen LogP contribution is -2.15. The number of anilines is 1. The number of benzene rings is 2. The molecule has 2 aromatic rings. The van der Waals surface area contributed by atoms with Gasteiger partial charge < -0.3 is 10.4 Å². The largest absolute Gasteiger partial charge is 0.478 e. The molecule has 25 heavy (non-hydrogen) atoms. The van der Waals surface area contributed by atoms with Gasteiger partial charge in [-0.05, 0) is 55.5 Å². The molecule has 4 nitrogen and oxygen atoms in total. The van der Waals surface area contributed by atoms with Crippen LogP contribution in [0, 0.1) is 6.92 Å². The summed E-state index contributed by atoms with van der Waals surface area (Å²) in [5.74, 6) is -0.741. The van der Waals surface area contributed by atoms with Gasteiger partial charge in [0.2, 0.25) is 0 Å². The summed E-state index contributed by atoms with van der Waals surface area (Å²) in [5.41, 5.74) is 3.09. The van der Waals surface area contributed by atoms with Gasteiger partial charge in [0.05, 0.1) is 11.3 Å². The van der Waals surface area contributed by atoms with Gasteiger partial charge in [-0.25, -0.2) is 4.79 Å². The zero-order valence-electron chi connectivity index (χ0n) is 14.4. The quantitative estimate of drug-likeness (QED) is 0.825. The molecule has 0 unspecified atom stereocenters. The molecule has 0 spiro atoms. The molecule has 0 bridgehead atoms. The standard InChI is InChI=1S/C21H23NO3/c1-14-7-12-19(18(13-14)21(24)25)22-20(23)17-10-8-16(9-11-17)15-5-3-2-4-6-15/h7-13,15H,2-6H2,1H3,(H,22,23)(H,24,25). The summed E-state index contributed by atoms with van der Waals surface area (Å²) in [4.78, 5) is 23.8. The Morgan fingerprint density at radius 2 is 1.68 bits per heavy atom. The van der Waals surface area contributed by atoms with Crippen molar-refractivity contribution in [1.29, 1.82) is 0 Å². The molecular formula is C21H23NO3. The molecule has 0 aromatic heterocycles. The Morgan fingerprint density at radius 3 is 2.32 bits per heavy atom. The Kier molecular flexibility index (Phi) is 5.17. The Bertz CT molecular complexity index is 774. The van der Waals surface area contributed by atoms with Crippen LogP contribution < -0.4 is 5.32 Å². The molecule has 0 radical (unpaired) electrons. The van der Waals surface area contributed by atoms with E-state index in [0.717, 1.165) is 5.56 Å². The molecule has 130 valence electrons. The highest BCUT2D eigenvalue weighted by Crippen LogP contribution is 2.32. The highest BCUT2D eigenvalue weighted by Gasteiger charge is 2.17. The van der Waals surface area contributed by atoms with Crippen LogP contribution >= 0.6 is 0 Å². The summed E-state index contributed by atoms with van der Waals surface area (Å²) in [6.45, 7) is 1.82. The maximum Gasteiger partial charge on any atom is 0.337 e. The van der Waals surface area contributed by atoms with Gasteiger partial charge in [-0.2, -0.15) is 0 Å². The van der Waals surface area contributed by atoms with Gasteiger partial charge in [-0.3, -0.25) is 4.79 Å². The van der Waals surface area contributed by atoms with Crippen molar-refractivity contribution < 1.29 is 14.7 Å². The Hall–Kier alpha value is -2.62. The van der Waals surface area contributed by atoms with Crippen LogP contribution in [0.25, 0.3) is 0 Å². The number of hydrogen-bond donors (Lipinski definition) is 2. The van der Waals surface area contributed by atoms with Gasteiger partial charge in [0.1, 0.15) is 0 Å². The second kappa shape index (κ2) is 7.51. The first-order valence-electron chi connectivity index (χ1n) is 8.80. The average molecular weight is 337 g/mol. The average Bonchev–Trinajstić information content (AvgIpc) is 2.64. The molecule has 0 atom stereocenters. The smallest absolute Gasteiger partial charge is 0.337 e. The summed E-state index contributed by atoms with van der Waals surface area (Å²) in [7, 11) is 0. The van der Waals surface area contributed by atoms with Crippen molar-refractivity contribution in [2.45, 2.75) is 44.9 Å². The first-order valence-corrected chi connectivity index (χ1v) is 8.80. The molecule has 2 N–H and O–H groups in total. The third-order valence-electron chi connectivity index (χ3n) is 4.90. The van der Waals surface area contributed by atoms with Crippen LogP contribution in [0.3, 0.4) is 0 Å². The van der Waals surface area contributed by atoms with Crippen LogP contribution in [0.15, 0.2) is 42.5 Å². The maximum absolute atomic E-state index is 12.5. The van der Waals surface area contributed by atoms with Crippen LogP contribution in [0.5, 0.6) is 0 Å². The van der Waals surface area contributed by atoms with E-state index >= 15 is 0 Å². The van der Waals surface area contributed by atoms with E-state index in [1.54, 1.807) is 18.2 Å². The minimum Gasteiger partial charge on any atom is -0.478 e. The predicted octanol–water partition coefficient (Wildman–Crippen LogP) is 4.99. The fourth-order valence-corrected chi connectivity index (χ4v) is 3.48. The van der Waals surface area contributed by atoms with Gasteiger partial charge in [0.25, 0.3) is 5.91 Å². The molecule has 1 amide bonds. The first kappa shape index (κ1) is 17.2. The minimum absolute atomic E-state index is 0.104. The number of carbonyl (C=O) groups is 2. The molecule has 4 heteroatoms. The highest BCUT2D eigenvalue weighted by atomic mass is 16.4. The minimum atomic E-state index is -1.05. The molecule has 3 rings (SSSR count). The summed E-state index contributed by atoms with van der Waals surface area (Å²) in [5, 5.41) is 12.0. The molecule has 1 aliphatic carbocycles. The molecule has 2 aromatic carbocycles. The van der Waals surface area contributed by atoms with E-state index in [2.05, 4.69) is 5.32 Å². The number of nitrogens with one attached hydrogen (secondary N) is 1. The van der Waals surface area contributed by atoms with E-state index in [1.807, 2.05) is 31.2 Å². The number of amides is 1. The van der Waals surface area contributed by atoms with Gasteiger partial charge in [-0.15, -0.1) is 0 Å². The lowest BCUT2D eigenvalue weighted by Gasteiger charge is -2.22. The number of carbonyl (C=O) groups excluding carboxylic acids is 1. The summed E-state index contributed by atoms with van der Waals surface area (Å²) in [6.07, 6.45) is 6.31. The molecule has 1 aliphatic rings. The van der Waals surface area contributed by atoms with E-state index in [0.29, 0.717) is 17.2 Å². The third-order valence-corrected chi connectivity index (χ3v) is 4.90. The molecule has 1 fully saturated rings. The van der Waals surface area contributed by atoms with Gasteiger partial charge in [-0.1, -0.05) is 43.0 Å². The van der Waals surface area contributed by atoms with Crippen LogP contribution in [0.2, 0.25) is 0 Å². The van der Waals surface area contributed by atoms with Crippen molar-refractivity contribution in [3.63, 3.8) is 0 Å². The normalized spacial score (nSPS) is 14.9. The Morgan fingerprint density at radius 1 is 1.00 bits per heavy atom. The second-order valence-electron chi connectivity index (χ2n) is 6.77. The van der Waals surface area contributed by atoms with Crippen molar-refractivity contribution in [3.8, 4) is 0 Å². The topological polar surface area (TPSA) is 66.4 Å². The van der Waals surface area contributed by atoms with Gasteiger partial charge in [0.15, 0.2) is 0 Å². The van der Waals surface area contributed by atoms with Crippen molar-refractivity contribution >= 4 is 17.6 Å². The fourth-order valence-electron chi connectivity index (χ4n) is 3.48. The summed E-state index contributed by atoms with van der Waals surface area (Å²) < 4.78 is 0. The Balaban J connectivity index is 1.74. The van der Waals surface area contributed by atoms with Crippen molar-refractivity contribution in [3.05, 3.63) is 64.7 Å². The van der Waals surface area contributed by atoms with Crippen molar-refractivity contribution in [1.82, 2.24) is 0 Å². The lowest BCUT2D eigenvalue weighted by molar-refractivity contribution is 0.0698. The van der Waals surface area contributed by atoms with Crippen molar-refractivity contribution in [2.75, 3.05) is 5.32 Å². The van der Waals surface area contributed by atoms with Crippen molar-refractivity contribution in [2.24, 2.45) is 0 Å². The van der Waals surface area contributed by atoms with Crippen LogP contribution in [-0.2, 0) is 0 Å². The molecular weight excluding hydrogens is 314 g/mol. The highest BCUT2D eigenvalue weighted by molar-refractivity contribution is 6.07. The van der Waals surface area contributed by atoms with E-state index in [-0.39, 0.29) is 11.5 Å². The molecule has 0 aliphatic heterocycles. The number of hydrogen-bond acceptors (Lipinski definition) is 2. The predicted molar refractivity (Wildman–Crippen MR) is 98.4 cm³/mol. The third kappa shape index (κ3) is 4.08. The monoisotopic (exact) mass is 337 g/mol. The van der Waals surface area contributed by atoms with Crippen LogP contribution in [0.4, 0.5) is 5.69 Å². The van der Waals surface area contributed by atoms with Gasteiger partial charge >= 0.3 is 5.97 Å². The first-order chi connectivity index (χ1) is 12.0. The van der Waals surface area contributed by atoms with E-state index in [9.17, 15) is 14.7 Å². The van der Waals surface area contributed by atoms with Crippen LogP contribution in [0.1, 0.15) is 69.9 Å². The number of aromatic carboxylic acids is 1. The summed E-state index contributed by atoms with van der Waals surface area (Å²) >= 11 is 0. The number of aryl methyl sites for hydroxylation is 1. The fraction of sp³-hybridized carbons (Fsp3) is 0.333. The molecule has 0 saturated heterocycles.